The van der Waals surface area contributed by atoms with Crippen molar-refractivity contribution in [1.82, 2.24) is 5.53 Å². The van der Waals surface area contributed by atoms with E-state index in [0.717, 1.165) is 5.01 Å². The van der Waals surface area contributed by atoms with Crippen molar-refractivity contribution in [3.05, 3.63) is 29.8 Å². The van der Waals surface area contributed by atoms with E-state index in [0.29, 0.717) is 11.3 Å². The highest BCUT2D eigenvalue weighted by molar-refractivity contribution is 6.52. The molecule has 1 amide bonds. The van der Waals surface area contributed by atoms with Gasteiger partial charge in [0.25, 0.3) is 5.78 Å². The number of amides is 1. The van der Waals surface area contributed by atoms with E-state index in [2.05, 4.69) is 5.53 Å². The molecule has 1 heterocycles. The maximum absolute atomic E-state index is 11.3. The lowest BCUT2D eigenvalue weighted by atomic mass is 10.1. The van der Waals surface area contributed by atoms with Crippen LogP contribution in [0.25, 0.3) is 0 Å². The van der Waals surface area contributed by atoms with Crippen LogP contribution in [-0.2, 0) is 4.79 Å². The lowest BCUT2D eigenvalue weighted by Gasteiger charge is -2.12. The van der Waals surface area contributed by atoms with Crippen molar-refractivity contribution in [2.75, 3.05) is 5.01 Å². The van der Waals surface area contributed by atoms with Gasteiger partial charge in [-0.2, -0.15) is 5.53 Å². The van der Waals surface area contributed by atoms with Gasteiger partial charge in [-0.25, -0.2) is 5.01 Å². The zero-order chi connectivity index (χ0) is 9.42. The van der Waals surface area contributed by atoms with Crippen LogP contribution in [0.4, 0.5) is 5.69 Å². The van der Waals surface area contributed by atoms with Gasteiger partial charge in [0.1, 0.15) is 0 Å². The van der Waals surface area contributed by atoms with Gasteiger partial charge in [0.05, 0.1) is 11.3 Å². The number of nitrogens with two attached hydrogens (primary N) is 1. The third kappa shape index (κ3) is 1.18. The number of benzene rings is 1. The van der Waals surface area contributed by atoms with Crippen molar-refractivity contribution in [3.8, 4) is 0 Å². The van der Waals surface area contributed by atoms with Crippen LogP contribution in [0.5, 0.6) is 0 Å². The molecule has 0 aromatic heterocycles. The van der Waals surface area contributed by atoms with Gasteiger partial charge in [0.2, 0.25) is 0 Å². The Hall–Kier alpha value is -1.76. The number of carbonyl (C=O) groups excluding carboxylic acids is 2. The number of hydrazine groups is 2. The summed E-state index contributed by atoms with van der Waals surface area (Å²) in [5.74, 6) is 3.92. The average molecular weight is 195 g/mol. The number of para-hydroxylation sites is 1. The van der Waals surface area contributed by atoms with Gasteiger partial charge in [0, 0.05) is 0 Å². The minimum Gasteiger partial charge on any atom is -0.412 e. The summed E-state index contributed by atoms with van der Waals surface area (Å²) < 4.78 is 0. The molecule has 5 N–H and O–H groups in total. The molecule has 6 heteroatoms. The number of nitrogens with zero attached hydrogens (tertiary/aromatic N) is 1. The van der Waals surface area contributed by atoms with E-state index in [1.165, 1.54) is 0 Å². The molecule has 1 aliphatic rings. The van der Waals surface area contributed by atoms with Crippen LogP contribution < -0.4 is 16.4 Å². The molecule has 14 heavy (non-hydrogen) atoms. The van der Waals surface area contributed by atoms with Crippen molar-refractivity contribution in [2.45, 2.75) is 0 Å². The van der Waals surface area contributed by atoms with E-state index < -0.39 is 11.7 Å². The van der Waals surface area contributed by atoms with Crippen LogP contribution >= 0.6 is 0 Å². The van der Waals surface area contributed by atoms with E-state index in [1.807, 2.05) is 0 Å². The first kappa shape index (κ1) is 10.3. The number of anilines is 1. The predicted octanol–water partition coefficient (Wildman–Crippen LogP) is -1.23. The summed E-state index contributed by atoms with van der Waals surface area (Å²) in [5, 5.41) is 1.03. The zero-order valence-corrected chi connectivity index (χ0v) is 7.15. The summed E-state index contributed by atoms with van der Waals surface area (Å²) in [6, 6.07) is 6.67. The SMILES string of the molecule is NNN1C(=O)C(=O)c2ccccc21.O. The Morgan fingerprint density at radius 1 is 1.21 bits per heavy atom. The van der Waals surface area contributed by atoms with E-state index in [-0.39, 0.29) is 5.48 Å². The zero-order valence-electron chi connectivity index (χ0n) is 7.15. The van der Waals surface area contributed by atoms with Gasteiger partial charge in [-0.05, 0) is 12.1 Å². The van der Waals surface area contributed by atoms with E-state index in [4.69, 9.17) is 5.84 Å². The molecule has 0 aliphatic carbocycles. The van der Waals surface area contributed by atoms with Crippen LogP contribution in [0.15, 0.2) is 24.3 Å². The van der Waals surface area contributed by atoms with E-state index in [9.17, 15) is 9.59 Å². The van der Waals surface area contributed by atoms with Gasteiger partial charge < -0.3 is 5.48 Å². The number of carbonyl (C=O) groups is 2. The number of hydrogen-bond acceptors (Lipinski definition) is 4. The molecular formula is C8H9N3O3. The summed E-state index contributed by atoms with van der Waals surface area (Å²) in [5.41, 5.74) is 3.04. The fourth-order valence-corrected chi connectivity index (χ4v) is 1.31. The topological polar surface area (TPSA) is 107 Å². The van der Waals surface area contributed by atoms with Crippen LogP contribution in [0.1, 0.15) is 10.4 Å². The van der Waals surface area contributed by atoms with Gasteiger partial charge in [-0.15, -0.1) is 0 Å². The third-order valence-electron chi connectivity index (χ3n) is 1.92. The van der Waals surface area contributed by atoms with Crippen molar-refractivity contribution in [1.29, 1.82) is 0 Å². The predicted molar refractivity (Wildman–Crippen MR) is 49.2 cm³/mol. The monoisotopic (exact) mass is 195 g/mol. The Balaban J connectivity index is 0.000000980. The fraction of sp³-hybridized carbons (Fsp3) is 0. The Kier molecular flexibility index (Phi) is 2.61. The highest BCUT2D eigenvalue weighted by Crippen LogP contribution is 2.25. The minimum atomic E-state index is -0.649. The molecule has 0 bridgehead atoms. The molecule has 0 radical (unpaired) electrons. The van der Waals surface area contributed by atoms with Gasteiger partial charge in [-0.1, -0.05) is 12.1 Å². The molecule has 0 atom stereocenters. The molecular weight excluding hydrogens is 186 g/mol. The Bertz CT molecular complexity index is 391. The first-order valence-electron chi connectivity index (χ1n) is 3.70. The Morgan fingerprint density at radius 3 is 2.50 bits per heavy atom. The fourth-order valence-electron chi connectivity index (χ4n) is 1.31. The Morgan fingerprint density at radius 2 is 1.86 bits per heavy atom. The van der Waals surface area contributed by atoms with Crippen molar-refractivity contribution >= 4 is 17.4 Å². The third-order valence-corrected chi connectivity index (χ3v) is 1.92. The maximum Gasteiger partial charge on any atom is 0.314 e. The second-order valence-corrected chi connectivity index (χ2v) is 2.62. The van der Waals surface area contributed by atoms with Crippen molar-refractivity contribution in [3.63, 3.8) is 0 Å². The molecule has 2 rings (SSSR count). The molecule has 0 saturated carbocycles. The highest BCUT2D eigenvalue weighted by atomic mass is 16.2. The molecule has 0 spiro atoms. The van der Waals surface area contributed by atoms with Crippen LogP contribution in [-0.4, -0.2) is 17.2 Å². The van der Waals surface area contributed by atoms with Gasteiger partial charge in [0.15, 0.2) is 0 Å². The quantitative estimate of drug-likeness (QED) is 0.332. The smallest absolute Gasteiger partial charge is 0.314 e. The molecule has 0 unspecified atom stereocenters. The first-order valence-corrected chi connectivity index (χ1v) is 3.70. The van der Waals surface area contributed by atoms with E-state index >= 15 is 0 Å². The summed E-state index contributed by atoms with van der Waals surface area (Å²) in [7, 11) is 0. The second-order valence-electron chi connectivity index (χ2n) is 2.62. The standard InChI is InChI=1S/C8H7N3O2.H2O/c9-10-11-6-4-2-1-3-5(6)7(12)8(11)13;/h1-4,10H,9H2;1H2. The van der Waals surface area contributed by atoms with Crippen LogP contribution in [0.3, 0.4) is 0 Å². The summed E-state index contributed by atoms with van der Waals surface area (Å²) in [6.07, 6.45) is 0. The normalized spacial score (nSPS) is 13.9. The minimum absolute atomic E-state index is 0. The highest BCUT2D eigenvalue weighted by Gasteiger charge is 2.34. The van der Waals surface area contributed by atoms with E-state index in [1.54, 1.807) is 24.3 Å². The van der Waals surface area contributed by atoms with Gasteiger partial charge >= 0.3 is 5.91 Å². The number of ketones is 1. The molecule has 0 saturated heterocycles. The van der Waals surface area contributed by atoms with Crippen molar-refractivity contribution < 1.29 is 15.1 Å². The number of Topliss-reactive ketones (excluding diaryl/α,β-unsaturated/α-hetero) is 1. The van der Waals surface area contributed by atoms with Crippen molar-refractivity contribution in [2.24, 2.45) is 5.84 Å². The van der Waals surface area contributed by atoms with Crippen LogP contribution in [0.2, 0.25) is 0 Å². The molecule has 1 aliphatic heterocycles. The van der Waals surface area contributed by atoms with Crippen LogP contribution in [0, 0.1) is 0 Å². The maximum atomic E-state index is 11.3. The molecule has 1 aromatic carbocycles. The summed E-state index contributed by atoms with van der Waals surface area (Å²) in [6.45, 7) is 0. The summed E-state index contributed by atoms with van der Waals surface area (Å²) in [4.78, 5) is 22.5. The average Bonchev–Trinajstić information content (AvgIpc) is 2.41. The lowest BCUT2D eigenvalue weighted by molar-refractivity contribution is -0.114. The molecule has 74 valence electrons. The number of nitrogens with one attached hydrogen (secondary N) is 1. The van der Waals surface area contributed by atoms with Gasteiger partial charge in [-0.3, -0.25) is 15.4 Å². The largest absolute Gasteiger partial charge is 0.412 e. The number of fused-ring (bicyclic) bond motifs is 1. The lowest BCUT2D eigenvalue weighted by Crippen LogP contribution is -2.46. The second kappa shape index (κ2) is 3.54. The Labute approximate surface area is 79.5 Å². The number of rotatable bonds is 1. The molecule has 1 aromatic rings. The number of hydrogen-bond donors (Lipinski definition) is 2. The molecule has 0 fully saturated rings. The first-order chi connectivity index (χ1) is 6.25. The summed E-state index contributed by atoms with van der Waals surface area (Å²) >= 11 is 0. The molecule has 6 nitrogen and oxygen atoms in total.